The first-order chi connectivity index (χ1) is 6.59. The Kier molecular flexibility index (Phi) is 1.95. The molecule has 2 rings (SSSR count). The average molecular weight is 187 g/mol. The van der Waals surface area contributed by atoms with Gasteiger partial charge in [0.1, 0.15) is 0 Å². The van der Waals surface area contributed by atoms with Crippen LogP contribution < -0.4 is 5.32 Å². The number of carbonyl (C=O) groups excluding carboxylic acids is 1. The van der Waals surface area contributed by atoms with E-state index >= 15 is 0 Å². The van der Waals surface area contributed by atoms with Gasteiger partial charge in [0, 0.05) is 0 Å². The third-order valence-electron chi connectivity index (χ3n) is 2.17. The molecule has 5 heteroatoms. The van der Waals surface area contributed by atoms with Gasteiger partial charge >= 0.3 is 82.1 Å². The summed E-state index contributed by atoms with van der Waals surface area (Å²) in [6.45, 7) is 4.06. The molecule has 1 aliphatic heterocycles. The second-order valence-electron chi connectivity index (χ2n) is 3.58. The van der Waals surface area contributed by atoms with Crippen molar-refractivity contribution in [3.05, 3.63) is 17.6 Å². The quantitative estimate of drug-likeness (QED) is 0.628. The molecule has 1 N–H and O–H groups in total. The van der Waals surface area contributed by atoms with Crippen LogP contribution in [-0.2, 0) is 4.79 Å². The number of hydrogen-bond acceptors (Lipinski definition) is 3. The van der Waals surface area contributed by atoms with Crippen LogP contribution in [0, 0.1) is 0 Å². The fraction of sp³-hybridized carbons (Fsp3) is 0.333. The van der Waals surface area contributed by atoms with Gasteiger partial charge < -0.3 is 0 Å². The molecule has 14 heavy (non-hydrogen) atoms. The van der Waals surface area contributed by atoms with Crippen LogP contribution in [-0.4, -0.2) is 28.8 Å². The van der Waals surface area contributed by atoms with Crippen molar-refractivity contribution in [2.75, 3.05) is 5.32 Å². The summed E-state index contributed by atoms with van der Waals surface area (Å²) in [4.78, 5) is 19.7. The van der Waals surface area contributed by atoms with E-state index in [1.165, 1.54) is 0 Å². The van der Waals surface area contributed by atoms with Crippen LogP contribution in [0.25, 0.3) is 0 Å². The molecule has 0 saturated heterocycles. The Bertz CT molecular complexity index is 428. The number of hydrogen-bond donors (Lipinski definition) is 1. The van der Waals surface area contributed by atoms with Crippen LogP contribution in [0.5, 0.6) is 0 Å². The van der Waals surface area contributed by atoms with E-state index in [4.69, 9.17) is 0 Å². The van der Waals surface area contributed by atoms with Gasteiger partial charge in [0.05, 0.1) is 0 Å². The Morgan fingerprint density at radius 2 is 2.21 bits per heavy atom. The van der Waals surface area contributed by atoms with Crippen molar-refractivity contribution in [2.45, 2.75) is 19.8 Å². The zero-order valence-corrected chi connectivity index (χ0v) is 8.16. The van der Waals surface area contributed by atoms with Gasteiger partial charge in [-0.15, -0.1) is 0 Å². The summed E-state index contributed by atoms with van der Waals surface area (Å²) < 4.78 is 0. The molecule has 1 aliphatic rings. The first-order valence-corrected chi connectivity index (χ1v) is 4.47. The summed E-state index contributed by atoms with van der Waals surface area (Å²) in [5.74, 6) is 0.630. The third-order valence-corrected chi connectivity index (χ3v) is 2.17. The van der Waals surface area contributed by atoms with Crippen LogP contribution in [0.3, 0.4) is 0 Å². The molecule has 0 radical (unpaired) electrons. The van der Waals surface area contributed by atoms with Crippen LogP contribution in [0.4, 0.5) is 5.82 Å². The molecule has 1 aromatic rings. The van der Waals surface area contributed by atoms with Crippen molar-refractivity contribution >= 4 is 24.7 Å². The van der Waals surface area contributed by atoms with Gasteiger partial charge in [-0.05, 0) is 0 Å². The standard InChI is InChI=1S/C9H10BN3O/c1-4(2)5-3-11-7-6(10)9(14)13-8(7)12-5/h3-4,10H,1-2H3,(H,12,13,14). The van der Waals surface area contributed by atoms with E-state index in [1.807, 2.05) is 13.8 Å². The summed E-state index contributed by atoms with van der Waals surface area (Å²) >= 11 is 0. The third kappa shape index (κ3) is 1.25. The van der Waals surface area contributed by atoms with Gasteiger partial charge in [-0.3, -0.25) is 0 Å². The van der Waals surface area contributed by atoms with Gasteiger partial charge in [0.15, 0.2) is 0 Å². The Balaban J connectivity index is 2.49. The summed E-state index contributed by atoms with van der Waals surface area (Å²) in [6.07, 6.45) is 1.69. The van der Waals surface area contributed by atoms with Crippen LogP contribution in [0.15, 0.2) is 6.20 Å². The van der Waals surface area contributed by atoms with Crippen molar-refractivity contribution < 1.29 is 4.79 Å². The van der Waals surface area contributed by atoms with E-state index in [0.717, 1.165) is 5.69 Å². The Labute approximate surface area is 82.8 Å². The van der Waals surface area contributed by atoms with E-state index < -0.39 is 0 Å². The molecule has 0 fully saturated rings. The number of amides is 1. The van der Waals surface area contributed by atoms with E-state index in [1.54, 1.807) is 6.20 Å². The number of carbonyl (C=O) groups is 1. The van der Waals surface area contributed by atoms with Gasteiger partial charge in [0.2, 0.25) is 0 Å². The number of nitrogens with one attached hydrogen (secondary N) is 1. The van der Waals surface area contributed by atoms with Crippen LogP contribution in [0.2, 0.25) is 0 Å². The second kappa shape index (κ2) is 3.01. The number of fused-ring (bicyclic) bond motifs is 1. The SMILES string of the molecule is B=C1C(=O)Nc2nc(C(C)C)cnc21. The first-order valence-electron chi connectivity index (χ1n) is 4.47. The van der Waals surface area contributed by atoms with Crippen LogP contribution >= 0.6 is 0 Å². The molecule has 0 spiro atoms. The van der Waals surface area contributed by atoms with E-state index in [-0.39, 0.29) is 5.91 Å². The Morgan fingerprint density at radius 1 is 1.50 bits per heavy atom. The number of anilines is 1. The van der Waals surface area contributed by atoms with Gasteiger partial charge in [-0.25, -0.2) is 0 Å². The summed E-state index contributed by atoms with van der Waals surface area (Å²) in [5.41, 5.74) is 1.83. The maximum atomic E-state index is 11.2. The molecule has 4 nitrogen and oxygen atoms in total. The molecule has 70 valence electrons. The molecule has 2 heterocycles. The molecule has 0 bridgehead atoms. The minimum atomic E-state index is -0.207. The first kappa shape index (κ1) is 9.06. The molecule has 1 amide bonds. The molecular formula is C9H10BN3O. The number of aromatic nitrogens is 2. The Morgan fingerprint density at radius 3 is 2.86 bits per heavy atom. The van der Waals surface area contributed by atoms with Crippen molar-refractivity contribution in [2.24, 2.45) is 0 Å². The fourth-order valence-corrected chi connectivity index (χ4v) is 1.28. The summed E-state index contributed by atoms with van der Waals surface area (Å²) in [6, 6.07) is 0. The topological polar surface area (TPSA) is 54.9 Å². The number of nitrogens with zero attached hydrogens (tertiary/aromatic N) is 2. The monoisotopic (exact) mass is 187 g/mol. The molecule has 1 aromatic heterocycles. The molecule has 0 unspecified atom stereocenters. The molecule has 0 aliphatic carbocycles. The minimum absolute atomic E-state index is 0.207. The fourth-order valence-electron chi connectivity index (χ4n) is 1.28. The van der Waals surface area contributed by atoms with E-state index in [0.29, 0.717) is 22.9 Å². The summed E-state index contributed by atoms with van der Waals surface area (Å²) in [7, 11) is 3.64. The zero-order chi connectivity index (χ0) is 10.3. The normalized spacial score (nSPS) is 14.4. The maximum absolute atomic E-state index is 11.2. The predicted molar refractivity (Wildman–Crippen MR) is 56.0 cm³/mol. The predicted octanol–water partition coefficient (Wildman–Crippen LogP) is -0.0266. The van der Waals surface area contributed by atoms with Crippen molar-refractivity contribution in [1.29, 1.82) is 0 Å². The van der Waals surface area contributed by atoms with Crippen LogP contribution in [0.1, 0.15) is 31.2 Å². The van der Waals surface area contributed by atoms with Gasteiger partial charge in [-0.1, -0.05) is 0 Å². The van der Waals surface area contributed by atoms with Crippen molar-refractivity contribution in [3.63, 3.8) is 0 Å². The van der Waals surface area contributed by atoms with Gasteiger partial charge in [0.25, 0.3) is 0 Å². The zero-order valence-electron chi connectivity index (χ0n) is 8.16. The number of rotatable bonds is 1. The Hall–Kier alpha value is -1.52. The molecule has 0 saturated carbocycles. The van der Waals surface area contributed by atoms with E-state index in [2.05, 4.69) is 22.8 Å². The van der Waals surface area contributed by atoms with Crippen molar-refractivity contribution in [3.8, 4) is 0 Å². The van der Waals surface area contributed by atoms with Crippen molar-refractivity contribution in [1.82, 2.24) is 9.97 Å². The van der Waals surface area contributed by atoms with Gasteiger partial charge in [-0.2, -0.15) is 0 Å². The van der Waals surface area contributed by atoms with E-state index in [9.17, 15) is 4.79 Å². The molecule has 0 aromatic carbocycles. The average Bonchev–Trinajstić information content (AvgIpc) is 2.42. The molecule has 0 atom stereocenters. The summed E-state index contributed by atoms with van der Waals surface area (Å²) in [5, 5.41) is 2.63. The second-order valence-corrected chi connectivity index (χ2v) is 3.58. The molecular weight excluding hydrogens is 177 g/mol.